The Kier molecular flexibility index (Phi) is 5.35. The van der Waals surface area contributed by atoms with Gasteiger partial charge in [0.05, 0.1) is 0 Å². The number of benzene rings is 1. The lowest BCUT2D eigenvalue weighted by molar-refractivity contribution is 0.0285. The van der Waals surface area contributed by atoms with Crippen LogP contribution in [0.2, 0.25) is 0 Å². The molecule has 1 aromatic rings. The molecule has 1 fully saturated rings. The first-order chi connectivity index (χ1) is 10.7. The van der Waals surface area contributed by atoms with Crippen molar-refractivity contribution in [2.45, 2.75) is 52.7 Å². The zero-order valence-corrected chi connectivity index (χ0v) is 15.3. The Morgan fingerprint density at radius 3 is 2.61 bits per heavy atom. The molecule has 1 aliphatic rings. The third-order valence-corrected chi connectivity index (χ3v) is 4.42. The van der Waals surface area contributed by atoms with E-state index in [0.29, 0.717) is 5.92 Å². The number of carbonyl (C=O) groups is 1. The van der Waals surface area contributed by atoms with Crippen molar-refractivity contribution in [3.8, 4) is 0 Å². The first-order valence-corrected chi connectivity index (χ1v) is 8.43. The molecule has 1 amide bonds. The molecule has 4 nitrogen and oxygen atoms in total. The van der Waals surface area contributed by atoms with Crippen LogP contribution in [-0.2, 0) is 4.74 Å². The molecule has 0 radical (unpaired) electrons. The highest BCUT2D eigenvalue weighted by molar-refractivity contribution is 5.68. The van der Waals surface area contributed by atoms with Crippen LogP contribution in [0.1, 0.15) is 49.9 Å². The molecule has 1 N–H and O–H groups in total. The highest BCUT2D eigenvalue weighted by atomic mass is 16.6. The number of hydrogen-bond acceptors (Lipinski definition) is 3. The number of likely N-dealkylation sites (tertiary alicyclic amines) is 1. The van der Waals surface area contributed by atoms with Gasteiger partial charge in [-0.15, -0.1) is 0 Å². The standard InChI is InChI=1S/C19H30N2O2/c1-13-7-8-16(14(2)11-13)17(20-6)15-9-10-21(12-15)18(22)23-19(3,4)5/h7-8,11,15,17,20H,9-10,12H2,1-6H3. The minimum absolute atomic E-state index is 0.199. The van der Waals surface area contributed by atoms with E-state index in [4.69, 9.17) is 4.74 Å². The molecule has 2 rings (SSSR count). The van der Waals surface area contributed by atoms with Gasteiger partial charge < -0.3 is 15.0 Å². The number of hydrogen-bond donors (Lipinski definition) is 1. The second kappa shape index (κ2) is 6.91. The second-order valence-electron chi connectivity index (χ2n) is 7.60. The van der Waals surface area contributed by atoms with E-state index in [9.17, 15) is 4.79 Å². The zero-order chi connectivity index (χ0) is 17.2. The Labute approximate surface area is 140 Å². The van der Waals surface area contributed by atoms with E-state index in [2.05, 4.69) is 37.4 Å². The van der Waals surface area contributed by atoms with E-state index >= 15 is 0 Å². The van der Waals surface area contributed by atoms with Crippen molar-refractivity contribution in [3.63, 3.8) is 0 Å². The predicted molar refractivity (Wildman–Crippen MR) is 93.6 cm³/mol. The van der Waals surface area contributed by atoms with E-state index < -0.39 is 5.60 Å². The third kappa shape index (κ3) is 4.47. The summed E-state index contributed by atoms with van der Waals surface area (Å²) in [6.45, 7) is 11.5. The van der Waals surface area contributed by atoms with Crippen molar-refractivity contribution in [1.29, 1.82) is 0 Å². The first-order valence-electron chi connectivity index (χ1n) is 8.43. The minimum atomic E-state index is -0.439. The van der Waals surface area contributed by atoms with Crippen molar-refractivity contribution in [2.24, 2.45) is 5.92 Å². The molecule has 0 bridgehead atoms. The summed E-state index contributed by atoms with van der Waals surface area (Å²) in [5, 5.41) is 3.45. The Balaban J connectivity index is 2.08. The molecular weight excluding hydrogens is 288 g/mol. The summed E-state index contributed by atoms with van der Waals surface area (Å²) in [7, 11) is 2.00. The zero-order valence-electron chi connectivity index (χ0n) is 15.3. The molecule has 1 aliphatic heterocycles. The van der Waals surface area contributed by atoms with Crippen molar-refractivity contribution in [3.05, 3.63) is 34.9 Å². The Bertz CT molecular complexity index is 563. The maximum absolute atomic E-state index is 12.2. The lowest BCUT2D eigenvalue weighted by atomic mass is 9.89. The highest BCUT2D eigenvalue weighted by Gasteiger charge is 2.34. The van der Waals surface area contributed by atoms with Gasteiger partial charge >= 0.3 is 6.09 Å². The lowest BCUT2D eigenvalue weighted by Crippen LogP contribution is -2.36. The molecule has 4 heteroatoms. The first kappa shape index (κ1) is 17.8. The molecule has 0 spiro atoms. The summed E-state index contributed by atoms with van der Waals surface area (Å²) < 4.78 is 5.50. The molecule has 0 saturated carbocycles. The predicted octanol–water partition coefficient (Wildman–Crippen LogP) is 3.82. The third-order valence-electron chi connectivity index (χ3n) is 4.42. The monoisotopic (exact) mass is 318 g/mol. The summed E-state index contributed by atoms with van der Waals surface area (Å²) in [6, 6.07) is 6.86. The quantitative estimate of drug-likeness (QED) is 0.921. The van der Waals surface area contributed by atoms with Gasteiger partial charge in [-0.1, -0.05) is 23.8 Å². The van der Waals surface area contributed by atoms with Gasteiger partial charge in [0.25, 0.3) is 0 Å². The molecule has 0 aliphatic carbocycles. The van der Waals surface area contributed by atoms with Crippen molar-refractivity contribution in [1.82, 2.24) is 10.2 Å². The Hall–Kier alpha value is -1.55. The van der Waals surface area contributed by atoms with Crippen LogP contribution in [0.25, 0.3) is 0 Å². The number of nitrogens with one attached hydrogen (secondary N) is 1. The van der Waals surface area contributed by atoms with Gasteiger partial charge in [0.1, 0.15) is 5.60 Å². The number of rotatable bonds is 3. The van der Waals surface area contributed by atoms with E-state index in [0.717, 1.165) is 19.5 Å². The summed E-state index contributed by atoms with van der Waals surface area (Å²) >= 11 is 0. The molecule has 128 valence electrons. The Morgan fingerprint density at radius 2 is 2.04 bits per heavy atom. The van der Waals surface area contributed by atoms with E-state index in [1.165, 1.54) is 16.7 Å². The van der Waals surface area contributed by atoms with E-state index in [1.54, 1.807) is 0 Å². The molecule has 0 aromatic heterocycles. The topological polar surface area (TPSA) is 41.6 Å². The molecular formula is C19H30N2O2. The number of amides is 1. The maximum Gasteiger partial charge on any atom is 0.410 e. The largest absolute Gasteiger partial charge is 0.444 e. The van der Waals surface area contributed by atoms with Crippen LogP contribution < -0.4 is 5.32 Å². The van der Waals surface area contributed by atoms with Gasteiger partial charge in [-0.2, -0.15) is 0 Å². The highest BCUT2D eigenvalue weighted by Crippen LogP contribution is 2.32. The second-order valence-corrected chi connectivity index (χ2v) is 7.60. The van der Waals surface area contributed by atoms with Crippen molar-refractivity contribution < 1.29 is 9.53 Å². The van der Waals surface area contributed by atoms with Gasteiger partial charge in [-0.25, -0.2) is 4.79 Å². The van der Waals surface area contributed by atoms with Crippen LogP contribution in [0.3, 0.4) is 0 Å². The number of nitrogens with zero attached hydrogens (tertiary/aromatic N) is 1. The fourth-order valence-electron chi connectivity index (χ4n) is 3.37. The Morgan fingerprint density at radius 1 is 1.35 bits per heavy atom. The number of ether oxygens (including phenoxy) is 1. The average molecular weight is 318 g/mol. The van der Waals surface area contributed by atoms with Crippen LogP contribution in [-0.4, -0.2) is 36.7 Å². The molecule has 1 saturated heterocycles. The van der Waals surface area contributed by atoms with Gasteiger partial charge in [-0.05, 0) is 65.1 Å². The summed E-state index contributed by atoms with van der Waals surface area (Å²) in [4.78, 5) is 14.1. The normalized spacial score (nSPS) is 19.7. The number of aryl methyl sites for hydroxylation is 2. The van der Waals surface area contributed by atoms with Crippen LogP contribution in [0, 0.1) is 19.8 Å². The smallest absolute Gasteiger partial charge is 0.410 e. The lowest BCUT2D eigenvalue weighted by Gasteiger charge is -2.27. The SMILES string of the molecule is CNC(c1ccc(C)cc1C)C1CCN(C(=O)OC(C)(C)C)C1. The molecule has 1 aromatic carbocycles. The van der Waals surface area contributed by atoms with Gasteiger partial charge in [0, 0.05) is 19.1 Å². The molecule has 1 heterocycles. The number of carbonyl (C=O) groups excluding carboxylic acids is 1. The van der Waals surface area contributed by atoms with Crippen LogP contribution in [0.15, 0.2) is 18.2 Å². The van der Waals surface area contributed by atoms with Gasteiger partial charge in [0.2, 0.25) is 0 Å². The molecule has 23 heavy (non-hydrogen) atoms. The van der Waals surface area contributed by atoms with E-state index in [-0.39, 0.29) is 12.1 Å². The van der Waals surface area contributed by atoms with Gasteiger partial charge in [0.15, 0.2) is 0 Å². The molecule has 2 unspecified atom stereocenters. The average Bonchev–Trinajstić information content (AvgIpc) is 2.90. The van der Waals surface area contributed by atoms with Crippen LogP contribution >= 0.6 is 0 Å². The van der Waals surface area contributed by atoms with Gasteiger partial charge in [-0.3, -0.25) is 0 Å². The fraction of sp³-hybridized carbons (Fsp3) is 0.632. The summed E-state index contributed by atoms with van der Waals surface area (Å²) in [5.41, 5.74) is 3.47. The maximum atomic E-state index is 12.2. The van der Waals surface area contributed by atoms with Crippen molar-refractivity contribution >= 4 is 6.09 Å². The fourth-order valence-corrected chi connectivity index (χ4v) is 3.37. The van der Waals surface area contributed by atoms with E-state index in [1.807, 2.05) is 32.7 Å². The van der Waals surface area contributed by atoms with Crippen LogP contribution in [0.5, 0.6) is 0 Å². The molecule has 2 atom stereocenters. The summed E-state index contributed by atoms with van der Waals surface area (Å²) in [5.74, 6) is 0.411. The summed E-state index contributed by atoms with van der Waals surface area (Å²) in [6.07, 6.45) is 0.799. The van der Waals surface area contributed by atoms with Crippen molar-refractivity contribution in [2.75, 3.05) is 20.1 Å². The minimum Gasteiger partial charge on any atom is -0.444 e. The van der Waals surface area contributed by atoms with Crippen LogP contribution in [0.4, 0.5) is 4.79 Å².